The number of guanidine groups is 1. The van der Waals surface area contributed by atoms with E-state index in [1.165, 1.54) is 11.3 Å². The molecule has 33 heavy (non-hydrogen) atoms. The van der Waals surface area contributed by atoms with E-state index in [2.05, 4.69) is 51.7 Å². The molecular formula is C25H37IN4O3. The molecule has 0 saturated carbocycles. The number of aliphatic hydroxyl groups excluding tert-OH is 1. The number of halogens is 1. The average molecular weight is 569 g/mol. The van der Waals surface area contributed by atoms with Crippen molar-refractivity contribution in [3.05, 3.63) is 53.6 Å². The first-order valence-electron chi connectivity index (χ1n) is 11.3. The molecule has 3 N–H and O–H groups in total. The van der Waals surface area contributed by atoms with E-state index in [4.69, 9.17) is 9.47 Å². The van der Waals surface area contributed by atoms with E-state index >= 15 is 0 Å². The van der Waals surface area contributed by atoms with E-state index < -0.39 is 6.10 Å². The first-order valence-corrected chi connectivity index (χ1v) is 11.3. The van der Waals surface area contributed by atoms with Crippen LogP contribution in [0, 0.1) is 6.92 Å². The van der Waals surface area contributed by atoms with Gasteiger partial charge in [-0.1, -0.05) is 23.8 Å². The zero-order chi connectivity index (χ0) is 22.9. The molecule has 1 aliphatic rings. The molecule has 3 rings (SSSR count). The summed E-state index contributed by atoms with van der Waals surface area (Å²) in [6.45, 7) is 7.14. The molecule has 2 aromatic rings. The second-order valence-electron chi connectivity index (χ2n) is 8.11. The fourth-order valence-corrected chi connectivity index (χ4v) is 3.94. The third-order valence-electron chi connectivity index (χ3n) is 5.72. The van der Waals surface area contributed by atoms with Gasteiger partial charge in [-0.2, -0.15) is 0 Å². The Morgan fingerprint density at radius 2 is 1.88 bits per heavy atom. The SMILES string of the molecule is CCNC(=NCC(O)c1ccc(OC)c(OC)c1)NC1CCCN(c2ccc(C)cc2)C1.I. The monoisotopic (exact) mass is 568 g/mol. The number of aliphatic imine (C=N–C) groups is 1. The summed E-state index contributed by atoms with van der Waals surface area (Å²) in [6.07, 6.45) is 1.48. The van der Waals surface area contributed by atoms with Crippen LogP contribution in [0.5, 0.6) is 11.5 Å². The van der Waals surface area contributed by atoms with Gasteiger partial charge >= 0.3 is 0 Å². The number of nitrogens with one attached hydrogen (secondary N) is 2. The number of aryl methyl sites for hydroxylation is 1. The molecule has 1 aliphatic heterocycles. The summed E-state index contributed by atoms with van der Waals surface area (Å²) in [6, 6.07) is 14.4. The lowest BCUT2D eigenvalue weighted by molar-refractivity contribution is 0.186. The first kappa shape index (κ1) is 27.0. The molecule has 8 heteroatoms. The lowest BCUT2D eigenvalue weighted by Gasteiger charge is -2.35. The average Bonchev–Trinajstić information content (AvgIpc) is 2.82. The molecule has 2 aromatic carbocycles. The smallest absolute Gasteiger partial charge is 0.191 e. The first-order chi connectivity index (χ1) is 15.5. The van der Waals surface area contributed by atoms with Crippen molar-refractivity contribution < 1.29 is 14.6 Å². The van der Waals surface area contributed by atoms with Gasteiger partial charge in [0, 0.05) is 31.4 Å². The number of aliphatic hydroxyl groups is 1. The van der Waals surface area contributed by atoms with Crippen LogP contribution >= 0.6 is 24.0 Å². The second kappa shape index (κ2) is 13.5. The van der Waals surface area contributed by atoms with E-state index in [1.807, 2.05) is 13.0 Å². The number of hydrogen-bond donors (Lipinski definition) is 3. The predicted molar refractivity (Wildman–Crippen MR) is 145 cm³/mol. The zero-order valence-corrected chi connectivity index (χ0v) is 22.3. The Morgan fingerprint density at radius 3 is 2.55 bits per heavy atom. The lowest BCUT2D eigenvalue weighted by Crippen LogP contribution is -2.51. The molecule has 0 amide bonds. The minimum Gasteiger partial charge on any atom is -0.493 e. The van der Waals surface area contributed by atoms with E-state index in [0.29, 0.717) is 17.5 Å². The van der Waals surface area contributed by atoms with Crippen molar-refractivity contribution in [3.8, 4) is 11.5 Å². The molecule has 2 unspecified atom stereocenters. The van der Waals surface area contributed by atoms with E-state index in [9.17, 15) is 5.11 Å². The molecule has 0 spiro atoms. The van der Waals surface area contributed by atoms with E-state index in [1.54, 1.807) is 26.4 Å². The Balaban J connectivity index is 0.00000385. The van der Waals surface area contributed by atoms with Gasteiger partial charge in [0.25, 0.3) is 0 Å². The number of ether oxygens (including phenoxy) is 2. The van der Waals surface area contributed by atoms with Crippen LogP contribution in [0.4, 0.5) is 5.69 Å². The highest BCUT2D eigenvalue weighted by Gasteiger charge is 2.21. The molecular weight excluding hydrogens is 531 g/mol. The lowest BCUT2D eigenvalue weighted by atomic mass is 10.0. The Bertz CT molecular complexity index is 892. The van der Waals surface area contributed by atoms with Crippen molar-refractivity contribution in [1.29, 1.82) is 0 Å². The zero-order valence-electron chi connectivity index (χ0n) is 20.0. The summed E-state index contributed by atoms with van der Waals surface area (Å²) < 4.78 is 10.6. The molecule has 182 valence electrons. The van der Waals surface area contributed by atoms with Crippen molar-refractivity contribution in [1.82, 2.24) is 10.6 Å². The topological polar surface area (TPSA) is 78.4 Å². The van der Waals surface area contributed by atoms with Crippen LogP contribution in [0.25, 0.3) is 0 Å². The van der Waals surface area contributed by atoms with Crippen molar-refractivity contribution in [2.75, 3.05) is 45.3 Å². The van der Waals surface area contributed by atoms with Crippen LogP contribution in [0.15, 0.2) is 47.5 Å². The summed E-state index contributed by atoms with van der Waals surface area (Å²) in [5, 5.41) is 17.5. The van der Waals surface area contributed by atoms with Crippen molar-refractivity contribution >= 4 is 35.6 Å². The van der Waals surface area contributed by atoms with Crippen molar-refractivity contribution in [2.24, 2.45) is 4.99 Å². The van der Waals surface area contributed by atoms with Crippen LogP contribution in [0.3, 0.4) is 0 Å². The minimum absolute atomic E-state index is 0. The fraction of sp³-hybridized carbons (Fsp3) is 0.480. The van der Waals surface area contributed by atoms with Crippen LogP contribution in [0.2, 0.25) is 0 Å². The number of hydrogen-bond acceptors (Lipinski definition) is 5. The third kappa shape index (κ3) is 7.67. The summed E-state index contributed by atoms with van der Waals surface area (Å²) in [5.74, 6) is 1.96. The van der Waals surface area contributed by atoms with Gasteiger partial charge in [0.05, 0.1) is 26.9 Å². The van der Waals surface area contributed by atoms with Gasteiger partial charge in [-0.05, 0) is 56.5 Å². The minimum atomic E-state index is -0.735. The Labute approximate surface area is 214 Å². The quantitative estimate of drug-likeness (QED) is 0.255. The Morgan fingerprint density at radius 1 is 1.15 bits per heavy atom. The van der Waals surface area contributed by atoms with Gasteiger partial charge in [-0.15, -0.1) is 24.0 Å². The maximum atomic E-state index is 10.7. The Hall–Kier alpha value is -2.20. The number of piperidine rings is 1. The normalized spacial score (nSPS) is 17.1. The highest BCUT2D eigenvalue weighted by molar-refractivity contribution is 14.0. The summed E-state index contributed by atoms with van der Waals surface area (Å²) in [7, 11) is 3.18. The molecule has 1 heterocycles. The maximum absolute atomic E-state index is 10.7. The standard InChI is InChI=1S/C25H36N4O3.HI/c1-5-26-25(27-16-22(30)19-10-13-23(31-3)24(15-19)32-4)28-20-7-6-14-29(17-20)21-11-8-18(2)9-12-21;/h8-13,15,20,22,30H,5-7,14,16-17H2,1-4H3,(H2,26,27,28);1H. The number of benzene rings is 2. The fourth-order valence-electron chi connectivity index (χ4n) is 3.94. The van der Waals surface area contributed by atoms with Gasteiger partial charge in [0.1, 0.15) is 0 Å². The maximum Gasteiger partial charge on any atom is 0.191 e. The van der Waals surface area contributed by atoms with Crippen molar-refractivity contribution in [3.63, 3.8) is 0 Å². The summed E-state index contributed by atoms with van der Waals surface area (Å²) >= 11 is 0. The van der Waals surface area contributed by atoms with Crippen molar-refractivity contribution in [2.45, 2.75) is 38.8 Å². The number of rotatable bonds is 8. The molecule has 7 nitrogen and oxygen atoms in total. The number of anilines is 1. The molecule has 1 fully saturated rings. The van der Waals surface area contributed by atoms with Gasteiger partial charge in [0.2, 0.25) is 0 Å². The molecule has 0 aliphatic carbocycles. The van der Waals surface area contributed by atoms with E-state index in [0.717, 1.165) is 44.0 Å². The number of nitrogens with zero attached hydrogens (tertiary/aromatic N) is 2. The van der Waals surface area contributed by atoms with Crippen LogP contribution in [-0.4, -0.2) is 57.5 Å². The Kier molecular flexibility index (Phi) is 11.1. The van der Waals surface area contributed by atoms with Crippen LogP contribution in [0.1, 0.15) is 37.0 Å². The molecule has 2 atom stereocenters. The van der Waals surface area contributed by atoms with Gasteiger partial charge in [0.15, 0.2) is 17.5 Å². The van der Waals surface area contributed by atoms with Gasteiger partial charge in [-0.25, -0.2) is 0 Å². The predicted octanol–water partition coefficient (Wildman–Crippen LogP) is 3.89. The summed E-state index contributed by atoms with van der Waals surface area (Å²) in [4.78, 5) is 7.06. The molecule has 0 bridgehead atoms. The van der Waals surface area contributed by atoms with Gasteiger partial charge in [-0.3, -0.25) is 4.99 Å². The van der Waals surface area contributed by atoms with E-state index in [-0.39, 0.29) is 30.5 Å². The highest BCUT2D eigenvalue weighted by Crippen LogP contribution is 2.30. The molecule has 0 radical (unpaired) electrons. The largest absolute Gasteiger partial charge is 0.493 e. The van der Waals surface area contributed by atoms with Crippen LogP contribution < -0.4 is 25.0 Å². The summed E-state index contributed by atoms with van der Waals surface area (Å²) in [5.41, 5.74) is 3.27. The molecule has 0 aromatic heterocycles. The number of methoxy groups -OCH3 is 2. The van der Waals surface area contributed by atoms with Gasteiger partial charge < -0.3 is 30.1 Å². The second-order valence-corrected chi connectivity index (χ2v) is 8.11. The van der Waals surface area contributed by atoms with Crippen LogP contribution in [-0.2, 0) is 0 Å². The highest BCUT2D eigenvalue weighted by atomic mass is 127. The third-order valence-corrected chi connectivity index (χ3v) is 5.72. The molecule has 1 saturated heterocycles.